The molecule has 2 aliphatic rings. The molecule has 0 unspecified atom stereocenters. The van der Waals surface area contributed by atoms with Gasteiger partial charge in [-0.15, -0.1) is 11.3 Å². The van der Waals surface area contributed by atoms with Crippen molar-refractivity contribution in [3.05, 3.63) is 16.1 Å². The van der Waals surface area contributed by atoms with Crippen molar-refractivity contribution < 1.29 is 14.3 Å². The molecule has 1 aromatic rings. The first-order valence-electron chi connectivity index (χ1n) is 8.61. The van der Waals surface area contributed by atoms with Crippen LogP contribution < -0.4 is 0 Å². The third-order valence-electron chi connectivity index (χ3n) is 4.80. The second-order valence-electron chi connectivity index (χ2n) is 6.65. The minimum Gasteiger partial charge on any atom is -0.368 e. The van der Waals surface area contributed by atoms with Gasteiger partial charge in [-0.2, -0.15) is 0 Å². The number of carbonyl (C=O) groups is 2. The Morgan fingerprint density at radius 3 is 2.71 bits per heavy atom. The van der Waals surface area contributed by atoms with Crippen LogP contribution in [0.1, 0.15) is 36.4 Å². The van der Waals surface area contributed by atoms with Crippen molar-refractivity contribution in [3.63, 3.8) is 0 Å². The molecule has 2 amide bonds. The molecule has 0 aromatic carbocycles. The predicted octanol–water partition coefficient (Wildman–Crippen LogP) is 1.83. The second kappa shape index (κ2) is 7.61. The fourth-order valence-corrected chi connectivity index (χ4v) is 4.04. The summed E-state index contributed by atoms with van der Waals surface area (Å²) in [7, 11) is 1.83. The number of hydrogen-bond acceptors (Lipinski definition) is 5. The molecule has 132 valence electrons. The van der Waals surface area contributed by atoms with E-state index in [4.69, 9.17) is 4.74 Å². The van der Waals surface area contributed by atoms with Gasteiger partial charge in [0, 0.05) is 38.0 Å². The van der Waals surface area contributed by atoms with E-state index in [1.807, 2.05) is 24.3 Å². The lowest BCUT2D eigenvalue weighted by Crippen LogP contribution is -2.46. The number of ether oxygens (including phenoxy) is 1. The SMILES string of the molecule is Cc1nc(CN(C)C(=O)C2CCN(C(=O)[C@@H]3CCCO3)CC2)cs1. The number of amides is 2. The summed E-state index contributed by atoms with van der Waals surface area (Å²) >= 11 is 1.60. The molecule has 2 saturated heterocycles. The topological polar surface area (TPSA) is 62.7 Å². The number of hydrogen-bond donors (Lipinski definition) is 0. The zero-order chi connectivity index (χ0) is 17.1. The molecule has 3 rings (SSSR count). The van der Waals surface area contributed by atoms with Gasteiger partial charge in [-0.05, 0) is 32.6 Å². The van der Waals surface area contributed by atoms with Gasteiger partial charge in [-0.3, -0.25) is 9.59 Å². The summed E-state index contributed by atoms with van der Waals surface area (Å²) in [6.45, 7) is 4.51. The van der Waals surface area contributed by atoms with Crippen LogP contribution in [0, 0.1) is 12.8 Å². The molecule has 0 N–H and O–H groups in total. The van der Waals surface area contributed by atoms with Crippen LogP contribution in [0.2, 0.25) is 0 Å². The minimum atomic E-state index is -0.257. The molecule has 0 bridgehead atoms. The molecule has 0 spiro atoms. The third-order valence-corrected chi connectivity index (χ3v) is 5.63. The quantitative estimate of drug-likeness (QED) is 0.830. The molecule has 7 heteroatoms. The summed E-state index contributed by atoms with van der Waals surface area (Å²) < 4.78 is 5.48. The molecule has 1 atom stereocenters. The van der Waals surface area contributed by atoms with Crippen molar-refractivity contribution in [2.45, 2.75) is 45.3 Å². The highest BCUT2D eigenvalue weighted by Gasteiger charge is 2.33. The van der Waals surface area contributed by atoms with Gasteiger partial charge < -0.3 is 14.5 Å². The largest absolute Gasteiger partial charge is 0.368 e. The average molecular weight is 351 g/mol. The maximum absolute atomic E-state index is 12.6. The lowest BCUT2D eigenvalue weighted by molar-refractivity contribution is -0.145. The van der Waals surface area contributed by atoms with Gasteiger partial charge >= 0.3 is 0 Å². The number of carbonyl (C=O) groups excluding carboxylic acids is 2. The van der Waals surface area contributed by atoms with Gasteiger partial charge in [0.05, 0.1) is 17.2 Å². The van der Waals surface area contributed by atoms with Crippen LogP contribution in [0.25, 0.3) is 0 Å². The van der Waals surface area contributed by atoms with E-state index < -0.39 is 0 Å². The van der Waals surface area contributed by atoms with E-state index in [2.05, 4.69) is 4.98 Å². The average Bonchev–Trinajstić information content (AvgIpc) is 3.25. The number of thiazole rings is 1. The summed E-state index contributed by atoms with van der Waals surface area (Å²) in [6.07, 6.45) is 3.00. The second-order valence-corrected chi connectivity index (χ2v) is 7.72. The van der Waals surface area contributed by atoms with Gasteiger partial charge in [-0.25, -0.2) is 4.98 Å². The Labute approximate surface area is 146 Å². The van der Waals surface area contributed by atoms with Crippen molar-refractivity contribution in [2.75, 3.05) is 26.7 Å². The van der Waals surface area contributed by atoms with E-state index in [0.29, 0.717) is 26.2 Å². The number of nitrogens with zero attached hydrogens (tertiary/aromatic N) is 3. The zero-order valence-corrected chi connectivity index (χ0v) is 15.2. The lowest BCUT2D eigenvalue weighted by atomic mass is 9.95. The molecular formula is C17H25N3O3S. The van der Waals surface area contributed by atoms with Gasteiger partial charge in [0.1, 0.15) is 6.10 Å². The van der Waals surface area contributed by atoms with E-state index in [1.54, 1.807) is 16.2 Å². The van der Waals surface area contributed by atoms with E-state index in [0.717, 1.165) is 36.4 Å². The standard InChI is InChI=1S/C17H25N3O3S/c1-12-18-14(11-24-12)10-19(2)16(21)13-5-7-20(8-6-13)17(22)15-4-3-9-23-15/h11,13,15H,3-10H2,1-2H3/t15-/m0/s1. The first-order valence-corrected chi connectivity index (χ1v) is 9.49. The van der Waals surface area contributed by atoms with Crippen LogP contribution >= 0.6 is 11.3 Å². The molecule has 1 aromatic heterocycles. The molecule has 24 heavy (non-hydrogen) atoms. The molecule has 3 heterocycles. The number of rotatable bonds is 4. The summed E-state index contributed by atoms with van der Waals surface area (Å²) in [5.74, 6) is 0.262. The fourth-order valence-electron chi connectivity index (χ4n) is 3.44. The Kier molecular flexibility index (Phi) is 5.50. The van der Waals surface area contributed by atoms with Gasteiger partial charge in [0.25, 0.3) is 5.91 Å². The monoisotopic (exact) mass is 351 g/mol. The van der Waals surface area contributed by atoms with Crippen LogP contribution in [0.4, 0.5) is 0 Å². The molecular weight excluding hydrogens is 326 g/mol. The summed E-state index contributed by atoms with van der Waals surface area (Å²) in [6, 6.07) is 0. The lowest BCUT2D eigenvalue weighted by Gasteiger charge is -2.34. The number of likely N-dealkylation sites (tertiary alicyclic amines) is 1. The Morgan fingerprint density at radius 2 is 2.12 bits per heavy atom. The van der Waals surface area contributed by atoms with Crippen LogP contribution in [0.5, 0.6) is 0 Å². The Balaban J connectivity index is 1.48. The van der Waals surface area contributed by atoms with Crippen LogP contribution in [0.15, 0.2) is 5.38 Å². The maximum atomic E-state index is 12.6. The third kappa shape index (κ3) is 3.95. The number of piperidine rings is 1. The van der Waals surface area contributed by atoms with Crippen molar-refractivity contribution in [1.29, 1.82) is 0 Å². The van der Waals surface area contributed by atoms with Crippen molar-refractivity contribution in [1.82, 2.24) is 14.8 Å². The smallest absolute Gasteiger partial charge is 0.251 e. The first-order chi connectivity index (χ1) is 11.5. The van der Waals surface area contributed by atoms with Crippen molar-refractivity contribution in [3.8, 4) is 0 Å². The normalized spacial score (nSPS) is 21.9. The van der Waals surface area contributed by atoms with Gasteiger partial charge in [0.15, 0.2) is 0 Å². The van der Waals surface area contributed by atoms with E-state index in [9.17, 15) is 9.59 Å². The van der Waals surface area contributed by atoms with Crippen LogP contribution in [0.3, 0.4) is 0 Å². The van der Waals surface area contributed by atoms with Crippen molar-refractivity contribution in [2.24, 2.45) is 5.92 Å². The highest BCUT2D eigenvalue weighted by atomic mass is 32.1. The predicted molar refractivity (Wildman–Crippen MR) is 91.6 cm³/mol. The molecule has 6 nitrogen and oxygen atoms in total. The van der Waals surface area contributed by atoms with Crippen LogP contribution in [-0.4, -0.2) is 59.4 Å². The number of aryl methyl sites for hydroxylation is 1. The summed E-state index contributed by atoms with van der Waals surface area (Å²) in [5.41, 5.74) is 0.944. The molecule has 2 aliphatic heterocycles. The Hall–Kier alpha value is -1.47. The van der Waals surface area contributed by atoms with Crippen LogP contribution in [-0.2, 0) is 20.9 Å². The highest BCUT2D eigenvalue weighted by molar-refractivity contribution is 7.09. The zero-order valence-electron chi connectivity index (χ0n) is 14.4. The van der Waals surface area contributed by atoms with Gasteiger partial charge in [0.2, 0.25) is 5.91 Å². The molecule has 2 fully saturated rings. The fraction of sp³-hybridized carbons (Fsp3) is 0.706. The van der Waals surface area contributed by atoms with Gasteiger partial charge in [-0.1, -0.05) is 0 Å². The summed E-state index contributed by atoms with van der Waals surface area (Å²) in [5, 5.41) is 3.02. The van der Waals surface area contributed by atoms with E-state index in [-0.39, 0.29) is 23.8 Å². The van der Waals surface area contributed by atoms with E-state index >= 15 is 0 Å². The molecule has 0 aliphatic carbocycles. The Morgan fingerprint density at radius 1 is 1.38 bits per heavy atom. The highest BCUT2D eigenvalue weighted by Crippen LogP contribution is 2.23. The first kappa shape index (κ1) is 17.4. The molecule has 0 radical (unpaired) electrons. The summed E-state index contributed by atoms with van der Waals surface area (Å²) in [4.78, 5) is 33.0. The number of aromatic nitrogens is 1. The Bertz CT molecular complexity index is 590. The minimum absolute atomic E-state index is 0.00304. The maximum Gasteiger partial charge on any atom is 0.251 e. The molecule has 0 saturated carbocycles. The van der Waals surface area contributed by atoms with E-state index in [1.165, 1.54) is 0 Å². The van der Waals surface area contributed by atoms with Crippen molar-refractivity contribution >= 4 is 23.2 Å².